The van der Waals surface area contributed by atoms with E-state index in [0.29, 0.717) is 6.04 Å². The van der Waals surface area contributed by atoms with Gasteiger partial charge < -0.3 is 5.32 Å². The number of hydrogen-bond acceptors (Lipinski definition) is 4. The van der Waals surface area contributed by atoms with Gasteiger partial charge in [-0.15, -0.1) is 0 Å². The van der Waals surface area contributed by atoms with Gasteiger partial charge in [0.15, 0.2) is 0 Å². The number of nitrogens with zero attached hydrogens (tertiary/aromatic N) is 2. The fourth-order valence-corrected chi connectivity index (χ4v) is 3.03. The topological polar surface area (TPSA) is 37.8 Å². The van der Waals surface area contributed by atoms with Crippen molar-refractivity contribution in [1.82, 2.24) is 15.5 Å². The van der Waals surface area contributed by atoms with Crippen LogP contribution in [0.25, 0.3) is 0 Å². The first-order chi connectivity index (χ1) is 6.86. The molecule has 2 atom stereocenters. The summed E-state index contributed by atoms with van der Waals surface area (Å²) in [7, 11) is 0. The first-order valence-electron chi connectivity index (χ1n) is 4.94. The first-order valence-corrected chi connectivity index (χ1v) is 6.09. The largest absolute Gasteiger partial charge is 0.307 e. The second-order valence-electron chi connectivity index (χ2n) is 3.72. The van der Waals surface area contributed by atoms with E-state index in [0.717, 1.165) is 18.2 Å². The quantitative estimate of drug-likeness (QED) is 0.814. The molecule has 1 saturated heterocycles. The van der Waals surface area contributed by atoms with Crippen molar-refractivity contribution in [2.45, 2.75) is 19.5 Å². The average molecular weight is 209 g/mol. The number of aromatic nitrogens is 2. The van der Waals surface area contributed by atoms with Crippen molar-refractivity contribution in [2.75, 3.05) is 11.5 Å². The zero-order valence-corrected chi connectivity index (χ0v) is 9.13. The van der Waals surface area contributed by atoms with E-state index in [1.54, 1.807) is 6.20 Å². The van der Waals surface area contributed by atoms with E-state index in [1.807, 2.05) is 23.9 Å². The highest BCUT2D eigenvalue weighted by Gasteiger charge is 2.22. The molecule has 0 saturated carbocycles. The van der Waals surface area contributed by atoms with E-state index in [1.165, 1.54) is 11.5 Å². The molecule has 1 aromatic rings. The molecule has 1 aliphatic rings. The van der Waals surface area contributed by atoms with E-state index < -0.39 is 0 Å². The van der Waals surface area contributed by atoms with Crippen LogP contribution in [0.5, 0.6) is 0 Å². The lowest BCUT2D eigenvalue weighted by atomic mass is 10.1. The van der Waals surface area contributed by atoms with Crippen molar-refractivity contribution in [3.63, 3.8) is 0 Å². The minimum absolute atomic E-state index is 0.641. The fraction of sp³-hybridized carbons (Fsp3) is 0.600. The predicted octanol–water partition coefficient (Wildman–Crippen LogP) is 1.32. The number of hydrogen-bond donors (Lipinski definition) is 1. The molecule has 2 heterocycles. The molecule has 2 rings (SSSR count). The van der Waals surface area contributed by atoms with E-state index in [4.69, 9.17) is 0 Å². The third kappa shape index (κ3) is 2.45. The van der Waals surface area contributed by atoms with Gasteiger partial charge in [-0.1, -0.05) is 6.92 Å². The summed E-state index contributed by atoms with van der Waals surface area (Å²) in [5.41, 5.74) is 1.02. The smallest absolute Gasteiger partial charge is 0.0769 e. The van der Waals surface area contributed by atoms with Gasteiger partial charge in [0.25, 0.3) is 0 Å². The van der Waals surface area contributed by atoms with Gasteiger partial charge in [0.2, 0.25) is 0 Å². The van der Waals surface area contributed by atoms with Crippen molar-refractivity contribution in [2.24, 2.45) is 5.92 Å². The number of rotatable bonds is 3. The molecule has 1 fully saturated rings. The third-order valence-electron chi connectivity index (χ3n) is 2.54. The minimum Gasteiger partial charge on any atom is -0.307 e. The molecule has 0 aromatic carbocycles. The van der Waals surface area contributed by atoms with Crippen molar-refractivity contribution >= 4 is 11.8 Å². The monoisotopic (exact) mass is 209 g/mol. The Kier molecular flexibility index (Phi) is 3.37. The molecule has 1 N–H and O–H groups in total. The van der Waals surface area contributed by atoms with Crippen molar-refractivity contribution in [3.8, 4) is 0 Å². The molecule has 1 aromatic heterocycles. The van der Waals surface area contributed by atoms with Crippen LogP contribution in [-0.4, -0.2) is 27.7 Å². The molecule has 4 heteroatoms. The van der Waals surface area contributed by atoms with Gasteiger partial charge in [-0.25, -0.2) is 0 Å². The van der Waals surface area contributed by atoms with Crippen LogP contribution in [0.2, 0.25) is 0 Å². The number of nitrogens with one attached hydrogen (secondary N) is 1. The lowest BCUT2D eigenvalue weighted by Gasteiger charge is -2.15. The average Bonchev–Trinajstić information content (AvgIpc) is 2.63. The van der Waals surface area contributed by atoms with Crippen LogP contribution < -0.4 is 5.32 Å². The highest BCUT2D eigenvalue weighted by Crippen LogP contribution is 2.23. The SMILES string of the molecule is CC1CSCC1NCc1cccnn1. The van der Waals surface area contributed by atoms with Gasteiger partial charge >= 0.3 is 0 Å². The summed E-state index contributed by atoms with van der Waals surface area (Å²) < 4.78 is 0. The van der Waals surface area contributed by atoms with Gasteiger partial charge in [0.1, 0.15) is 0 Å². The Labute approximate surface area is 88.7 Å². The Morgan fingerprint density at radius 2 is 2.50 bits per heavy atom. The van der Waals surface area contributed by atoms with Gasteiger partial charge in [-0.05, 0) is 23.8 Å². The van der Waals surface area contributed by atoms with Gasteiger partial charge in [0, 0.05) is 24.5 Å². The molecule has 1 aliphatic heterocycles. The summed E-state index contributed by atoms with van der Waals surface area (Å²) in [6.45, 7) is 3.14. The zero-order chi connectivity index (χ0) is 9.80. The Morgan fingerprint density at radius 1 is 1.57 bits per heavy atom. The Morgan fingerprint density at radius 3 is 3.14 bits per heavy atom. The summed E-state index contributed by atoms with van der Waals surface area (Å²) >= 11 is 2.03. The number of thioether (sulfide) groups is 1. The van der Waals surface area contributed by atoms with Gasteiger partial charge in [0.05, 0.1) is 5.69 Å². The van der Waals surface area contributed by atoms with Crippen LogP contribution in [0, 0.1) is 5.92 Å². The van der Waals surface area contributed by atoms with Crippen molar-refractivity contribution in [3.05, 3.63) is 24.0 Å². The molecular weight excluding hydrogens is 194 g/mol. The Balaban J connectivity index is 1.82. The van der Waals surface area contributed by atoms with E-state index in [2.05, 4.69) is 22.4 Å². The van der Waals surface area contributed by atoms with Crippen molar-refractivity contribution < 1.29 is 0 Å². The predicted molar refractivity (Wildman–Crippen MR) is 59.1 cm³/mol. The minimum atomic E-state index is 0.641. The molecule has 0 amide bonds. The van der Waals surface area contributed by atoms with Gasteiger partial charge in [-0.2, -0.15) is 22.0 Å². The van der Waals surface area contributed by atoms with E-state index in [-0.39, 0.29) is 0 Å². The maximum atomic E-state index is 4.05. The van der Waals surface area contributed by atoms with Crippen molar-refractivity contribution in [1.29, 1.82) is 0 Å². The van der Waals surface area contributed by atoms with Crippen LogP contribution in [0.3, 0.4) is 0 Å². The molecule has 0 bridgehead atoms. The Hall–Kier alpha value is -0.610. The molecule has 14 heavy (non-hydrogen) atoms. The zero-order valence-electron chi connectivity index (χ0n) is 8.31. The van der Waals surface area contributed by atoms with Crippen LogP contribution in [0.15, 0.2) is 18.3 Å². The summed E-state index contributed by atoms with van der Waals surface area (Å²) in [4.78, 5) is 0. The molecule has 0 spiro atoms. The van der Waals surface area contributed by atoms with E-state index >= 15 is 0 Å². The highest BCUT2D eigenvalue weighted by atomic mass is 32.2. The van der Waals surface area contributed by atoms with Crippen LogP contribution in [0.4, 0.5) is 0 Å². The van der Waals surface area contributed by atoms with Crippen LogP contribution in [-0.2, 0) is 6.54 Å². The van der Waals surface area contributed by atoms with Gasteiger partial charge in [-0.3, -0.25) is 0 Å². The second-order valence-corrected chi connectivity index (χ2v) is 4.79. The van der Waals surface area contributed by atoms with Crippen LogP contribution >= 0.6 is 11.8 Å². The molecule has 0 radical (unpaired) electrons. The second kappa shape index (κ2) is 4.75. The maximum Gasteiger partial charge on any atom is 0.0769 e. The summed E-state index contributed by atoms with van der Waals surface area (Å²) in [5.74, 6) is 3.27. The summed E-state index contributed by atoms with van der Waals surface area (Å²) in [6.07, 6.45) is 1.71. The van der Waals surface area contributed by atoms with Crippen LogP contribution in [0.1, 0.15) is 12.6 Å². The molecule has 76 valence electrons. The first kappa shape index (κ1) is 9.93. The van der Waals surface area contributed by atoms with E-state index in [9.17, 15) is 0 Å². The summed E-state index contributed by atoms with van der Waals surface area (Å²) in [5, 5.41) is 11.4. The Bertz CT molecular complexity index is 278. The molecular formula is C10H15N3S. The third-order valence-corrected chi connectivity index (χ3v) is 3.89. The lowest BCUT2D eigenvalue weighted by Crippen LogP contribution is -2.33. The summed E-state index contributed by atoms with van der Waals surface area (Å²) in [6, 6.07) is 4.57. The standard InChI is InChI=1S/C10H15N3S/c1-8-6-14-7-10(8)11-5-9-3-2-4-12-13-9/h2-4,8,10-11H,5-7H2,1H3. The highest BCUT2D eigenvalue weighted by molar-refractivity contribution is 7.99. The normalized spacial score (nSPS) is 26.6. The molecule has 3 nitrogen and oxygen atoms in total. The fourth-order valence-electron chi connectivity index (χ4n) is 1.58. The molecule has 2 unspecified atom stereocenters. The lowest BCUT2D eigenvalue weighted by molar-refractivity contribution is 0.449. The maximum absolute atomic E-state index is 4.05. The molecule has 0 aliphatic carbocycles.